The Balaban J connectivity index is 1.53. The fraction of sp³-hybridized carbons (Fsp3) is 0.476. The van der Waals surface area contributed by atoms with Crippen molar-refractivity contribution in [2.75, 3.05) is 32.7 Å². The molecule has 2 fully saturated rings. The van der Waals surface area contributed by atoms with Gasteiger partial charge in [0, 0.05) is 25.6 Å². The monoisotopic (exact) mass is 356 g/mol. The molecule has 4 rings (SSSR count). The topological polar surface area (TPSA) is 36.7 Å². The van der Waals surface area contributed by atoms with Crippen LogP contribution in [0.1, 0.15) is 41.3 Å². The maximum absolute atomic E-state index is 13.3. The van der Waals surface area contributed by atoms with Gasteiger partial charge in [0.2, 0.25) is 0 Å². The van der Waals surface area contributed by atoms with E-state index < -0.39 is 0 Å². The Morgan fingerprint density at radius 2 is 1.85 bits per heavy atom. The lowest BCUT2D eigenvalue weighted by atomic mass is 9.88. The van der Waals surface area contributed by atoms with Gasteiger partial charge in [0.25, 0.3) is 5.91 Å². The van der Waals surface area contributed by atoms with Gasteiger partial charge in [-0.2, -0.15) is 0 Å². The van der Waals surface area contributed by atoms with E-state index in [-0.39, 0.29) is 17.6 Å². The zero-order valence-electron chi connectivity index (χ0n) is 14.9. The van der Waals surface area contributed by atoms with Gasteiger partial charge in [-0.25, -0.2) is 4.39 Å². The normalized spacial score (nSPS) is 24.1. The van der Waals surface area contributed by atoms with Crippen LogP contribution in [-0.2, 0) is 0 Å². The van der Waals surface area contributed by atoms with E-state index in [9.17, 15) is 9.18 Å². The van der Waals surface area contributed by atoms with Gasteiger partial charge in [0.15, 0.2) is 5.76 Å². The molecule has 2 atom stereocenters. The Kier molecular flexibility index (Phi) is 5.07. The maximum Gasteiger partial charge on any atom is 0.289 e. The third-order valence-corrected chi connectivity index (χ3v) is 5.70. The molecule has 3 heterocycles. The summed E-state index contributed by atoms with van der Waals surface area (Å²) in [6.07, 6.45) is 5.35. The summed E-state index contributed by atoms with van der Waals surface area (Å²) in [5.74, 6) is 0.710. The molecule has 4 nitrogen and oxygen atoms in total. The lowest BCUT2D eigenvalue weighted by Crippen LogP contribution is -2.36. The lowest BCUT2D eigenvalue weighted by molar-refractivity contribution is 0.0750. The minimum Gasteiger partial charge on any atom is -0.459 e. The first-order valence-electron chi connectivity index (χ1n) is 9.51. The second kappa shape index (κ2) is 7.62. The molecule has 0 aliphatic carbocycles. The third-order valence-electron chi connectivity index (χ3n) is 5.70. The van der Waals surface area contributed by atoms with Crippen LogP contribution in [0.4, 0.5) is 4.39 Å². The summed E-state index contributed by atoms with van der Waals surface area (Å²) in [4.78, 5) is 17.1. The second-order valence-corrected chi connectivity index (χ2v) is 7.47. The molecule has 1 amide bonds. The molecule has 2 aliphatic heterocycles. The van der Waals surface area contributed by atoms with Gasteiger partial charge in [0.1, 0.15) is 5.82 Å². The fourth-order valence-corrected chi connectivity index (χ4v) is 4.34. The highest BCUT2D eigenvalue weighted by molar-refractivity contribution is 5.91. The van der Waals surface area contributed by atoms with Crippen molar-refractivity contribution in [1.82, 2.24) is 9.80 Å². The Morgan fingerprint density at radius 3 is 2.54 bits per heavy atom. The minimum atomic E-state index is -0.220. The molecular formula is C21H25FN2O2. The number of rotatable bonds is 4. The molecule has 26 heavy (non-hydrogen) atoms. The molecule has 1 aromatic heterocycles. The van der Waals surface area contributed by atoms with Gasteiger partial charge in [0.05, 0.1) is 6.26 Å². The third kappa shape index (κ3) is 3.68. The first kappa shape index (κ1) is 17.3. The summed E-state index contributed by atoms with van der Waals surface area (Å²) in [5, 5.41) is 0. The van der Waals surface area contributed by atoms with Crippen LogP contribution in [0.2, 0.25) is 0 Å². The summed E-state index contributed by atoms with van der Waals surface area (Å²) < 4.78 is 18.6. The Bertz CT molecular complexity index is 723. The van der Waals surface area contributed by atoms with Crippen molar-refractivity contribution in [3.63, 3.8) is 0 Å². The van der Waals surface area contributed by atoms with Crippen molar-refractivity contribution in [2.24, 2.45) is 5.92 Å². The van der Waals surface area contributed by atoms with Crippen molar-refractivity contribution in [2.45, 2.75) is 25.2 Å². The van der Waals surface area contributed by atoms with E-state index in [1.165, 1.54) is 37.7 Å². The van der Waals surface area contributed by atoms with E-state index in [2.05, 4.69) is 4.90 Å². The molecule has 1 aromatic carbocycles. The number of piperidine rings is 1. The van der Waals surface area contributed by atoms with E-state index >= 15 is 0 Å². The first-order valence-corrected chi connectivity index (χ1v) is 9.51. The number of halogens is 1. The summed E-state index contributed by atoms with van der Waals surface area (Å²) in [6, 6.07) is 10.2. The number of furan rings is 1. The maximum atomic E-state index is 13.3. The standard InChI is InChI=1S/C21H25FN2O2/c22-18-8-6-16(7-9-18)19-15-24(21(25)20-5-4-12-26-20)14-17(19)13-23-10-2-1-3-11-23/h4-9,12,17,19H,1-3,10-11,13-15H2. The van der Waals surface area contributed by atoms with Crippen LogP contribution < -0.4 is 0 Å². The molecule has 2 aliphatic rings. The van der Waals surface area contributed by atoms with Crippen LogP contribution in [-0.4, -0.2) is 48.4 Å². The molecule has 0 saturated carbocycles. The molecule has 138 valence electrons. The van der Waals surface area contributed by atoms with Crippen molar-refractivity contribution in [1.29, 1.82) is 0 Å². The van der Waals surface area contributed by atoms with Crippen molar-refractivity contribution in [3.05, 3.63) is 59.8 Å². The SMILES string of the molecule is O=C(c1ccco1)N1CC(CN2CCCCC2)C(c2ccc(F)cc2)C1. The van der Waals surface area contributed by atoms with Crippen LogP contribution in [0.5, 0.6) is 0 Å². The summed E-state index contributed by atoms with van der Waals surface area (Å²) in [5.41, 5.74) is 1.11. The average molecular weight is 356 g/mol. The van der Waals surface area contributed by atoms with Gasteiger partial charge in [-0.15, -0.1) is 0 Å². The van der Waals surface area contributed by atoms with Crippen LogP contribution in [0.15, 0.2) is 47.1 Å². The number of hydrogen-bond acceptors (Lipinski definition) is 3. The number of likely N-dealkylation sites (tertiary alicyclic amines) is 2. The number of benzene rings is 1. The van der Waals surface area contributed by atoms with Gasteiger partial charge in [-0.3, -0.25) is 4.79 Å². The molecule has 2 unspecified atom stereocenters. The first-order chi connectivity index (χ1) is 12.7. The van der Waals surface area contributed by atoms with Gasteiger partial charge >= 0.3 is 0 Å². The summed E-state index contributed by atoms with van der Waals surface area (Å²) >= 11 is 0. The zero-order valence-corrected chi connectivity index (χ0v) is 14.9. The van der Waals surface area contributed by atoms with Crippen LogP contribution in [0.3, 0.4) is 0 Å². The second-order valence-electron chi connectivity index (χ2n) is 7.47. The van der Waals surface area contributed by atoms with Crippen molar-refractivity contribution < 1.29 is 13.6 Å². The van der Waals surface area contributed by atoms with Crippen molar-refractivity contribution >= 4 is 5.91 Å². The summed E-state index contributed by atoms with van der Waals surface area (Å²) in [6.45, 7) is 4.64. The summed E-state index contributed by atoms with van der Waals surface area (Å²) in [7, 11) is 0. The highest BCUT2D eigenvalue weighted by atomic mass is 19.1. The van der Waals surface area contributed by atoms with Gasteiger partial charge < -0.3 is 14.2 Å². The molecule has 2 saturated heterocycles. The molecule has 0 radical (unpaired) electrons. The molecule has 0 bridgehead atoms. The Morgan fingerprint density at radius 1 is 1.08 bits per heavy atom. The predicted molar refractivity (Wildman–Crippen MR) is 97.5 cm³/mol. The number of carbonyl (C=O) groups is 1. The zero-order chi connectivity index (χ0) is 17.9. The van der Waals surface area contributed by atoms with Crippen LogP contribution >= 0.6 is 0 Å². The molecule has 0 spiro atoms. The minimum absolute atomic E-state index is 0.0525. The average Bonchev–Trinajstić information content (AvgIpc) is 3.33. The fourth-order valence-electron chi connectivity index (χ4n) is 4.34. The molecular weight excluding hydrogens is 331 g/mol. The molecule has 0 N–H and O–H groups in total. The molecule has 2 aromatic rings. The largest absolute Gasteiger partial charge is 0.459 e. The number of nitrogens with zero attached hydrogens (tertiary/aromatic N) is 2. The van der Waals surface area contributed by atoms with Gasteiger partial charge in [-0.05, 0) is 61.7 Å². The quantitative estimate of drug-likeness (QED) is 0.837. The van der Waals surface area contributed by atoms with Crippen molar-refractivity contribution in [3.8, 4) is 0 Å². The number of hydrogen-bond donors (Lipinski definition) is 0. The van der Waals surface area contributed by atoms with Crippen LogP contribution in [0, 0.1) is 11.7 Å². The van der Waals surface area contributed by atoms with E-state index in [4.69, 9.17) is 4.42 Å². The molecule has 5 heteroatoms. The van der Waals surface area contributed by atoms with Gasteiger partial charge in [-0.1, -0.05) is 18.6 Å². The highest BCUT2D eigenvalue weighted by Crippen LogP contribution is 2.34. The van der Waals surface area contributed by atoms with Crippen LogP contribution in [0.25, 0.3) is 0 Å². The number of amides is 1. The van der Waals surface area contributed by atoms with E-state index in [1.807, 2.05) is 17.0 Å². The highest BCUT2D eigenvalue weighted by Gasteiger charge is 2.38. The smallest absolute Gasteiger partial charge is 0.289 e. The number of carbonyl (C=O) groups excluding carboxylic acids is 1. The van der Waals surface area contributed by atoms with E-state index in [0.717, 1.165) is 31.7 Å². The van der Waals surface area contributed by atoms with E-state index in [1.54, 1.807) is 12.1 Å². The Hall–Kier alpha value is -2.14. The predicted octanol–water partition coefficient (Wildman–Crippen LogP) is 3.76. The lowest BCUT2D eigenvalue weighted by Gasteiger charge is -2.31. The Labute approximate surface area is 153 Å². The van der Waals surface area contributed by atoms with E-state index in [0.29, 0.717) is 18.2 Å².